The lowest BCUT2D eigenvalue weighted by molar-refractivity contribution is 1.13. The van der Waals surface area contributed by atoms with Gasteiger partial charge in [0.15, 0.2) is 0 Å². The maximum Gasteiger partial charge on any atom is 0.145 e. The van der Waals surface area contributed by atoms with Crippen LogP contribution >= 0.6 is 0 Å². The summed E-state index contributed by atoms with van der Waals surface area (Å²) < 4.78 is 2.22. The first-order valence-electron chi connectivity index (χ1n) is 14.8. The predicted octanol–water partition coefficient (Wildman–Crippen LogP) is 9.07. The van der Waals surface area contributed by atoms with Crippen LogP contribution in [0.3, 0.4) is 0 Å². The van der Waals surface area contributed by atoms with E-state index in [2.05, 4.69) is 88.4 Å². The van der Waals surface area contributed by atoms with E-state index in [9.17, 15) is 0 Å². The molecule has 0 spiro atoms. The van der Waals surface area contributed by atoms with Crippen molar-refractivity contribution in [1.82, 2.24) is 29.5 Å². The summed E-state index contributed by atoms with van der Waals surface area (Å²) in [6.45, 7) is 0. The summed E-state index contributed by atoms with van der Waals surface area (Å²) >= 11 is 0. The van der Waals surface area contributed by atoms with E-state index in [-0.39, 0.29) is 0 Å². The van der Waals surface area contributed by atoms with Crippen molar-refractivity contribution in [2.24, 2.45) is 0 Å². The molecule has 6 aromatic heterocycles. The Hall–Kier alpha value is -6.27. The number of para-hydroxylation sites is 1. The van der Waals surface area contributed by atoms with Gasteiger partial charge in [-0.25, -0.2) is 15.0 Å². The van der Waals surface area contributed by atoms with Crippen LogP contribution < -0.4 is 0 Å². The molecule has 0 aliphatic rings. The lowest BCUT2D eigenvalue weighted by Crippen LogP contribution is -1.96. The van der Waals surface area contributed by atoms with Crippen LogP contribution in [0.4, 0.5) is 0 Å². The summed E-state index contributed by atoms with van der Waals surface area (Å²) in [6, 6.07) is 43.5. The van der Waals surface area contributed by atoms with E-state index in [0.717, 1.165) is 77.9 Å². The van der Waals surface area contributed by atoms with Crippen molar-refractivity contribution in [1.29, 1.82) is 0 Å². The van der Waals surface area contributed by atoms with E-state index in [0.29, 0.717) is 0 Å². The zero-order valence-corrected chi connectivity index (χ0v) is 24.0. The van der Waals surface area contributed by atoms with E-state index in [1.165, 1.54) is 5.39 Å². The van der Waals surface area contributed by atoms with Gasteiger partial charge in [-0.15, -0.1) is 0 Å². The number of pyridine rings is 5. The molecule has 0 bridgehead atoms. The highest BCUT2D eigenvalue weighted by atomic mass is 15.0. The summed E-state index contributed by atoms with van der Waals surface area (Å²) in [5.74, 6) is 0. The normalized spacial score (nSPS) is 11.6. The minimum absolute atomic E-state index is 0.808. The van der Waals surface area contributed by atoms with Crippen molar-refractivity contribution in [3.63, 3.8) is 0 Å². The van der Waals surface area contributed by atoms with Crippen LogP contribution in [0.1, 0.15) is 0 Å². The van der Waals surface area contributed by atoms with Crippen LogP contribution in [0.5, 0.6) is 0 Å². The van der Waals surface area contributed by atoms with Crippen molar-refractivity contribution in [3.8, 4) is 39.6 Å². The number of hydrogen-bond donors (Lipinski definition) is 0. The molecular formula is C39H24N6. The van der Waals surface area contributed by atoms with E-state index < -0.39 is 0 Å². The van der Waals surface area contributed by atoms with Gasteiger partial charge < -0.3 is 0 Å². The minimum Gasteiger partial charge on any atom is -0.294 e. The quantitative estimate of drug-likeness (QED) is 0.196. The Kier molecular flexibility index (Phi) is 5.71. The van der Waals surface area contributed by atoms with Crippen LogP contribution in [0.2, 0.25) is 0 Å². The van der Waals surface area contributed by atoms with Gasteiger partial charge in [0.1, 0.15) is 5.65 Å². The minimum atomic E-state index is 0.808. The van der Waals surface area contributed by atoms with E-state index >= 15 is 0 Å². The Balaban J connectivity index is 1.06. The Bertz CT molecular complexity index is 2500. The standard InChI is InChI=1S/C39H24N6/c1-2-14-36-30(8-1)31-9-6-22-41-39(31)45(36)29-19-17-25(18-20-29)32-10-3-12-34(43-32)35-13-4-11-33(44-35)28-23-27-16-15-26-7-5-21-40-37(26)38(27)42-24-28/h1-24H. The van der Waals surface area contributed by atoms with Crippen molar-refractivity contribution >= 4 is 43.7 Å². The van der Waals surface area contributed by atoms with Crippen molar-refractivity contribution in [2.75, 3.05) is 0 Å². The molecule has 0 N–H and O–H groups in total. The van der Waals surface area contributed by atoms with Crippen LogP contribution in [-0.2, 0) is 0 Å². The van der Waals surface area contributed by atoms with Gasteiger partial charge in [0.2, 0.25) is 0 Å². The number of hydrogen-bond acceptors (Lipinski definition) is 5. The van der Waals surface area contributed by atoms with Crippen molar-refractivity contribution in [2.45, 2.75) is 0 Å². The number of nitrogens with zero attached hydrogens (tertiary/aromatic N) is 6. The summed E-state index contributed by atoms with van der Waals surface area (Å²) in [5, 5.41) is 4.45. The van der Waals surface area contributed by atoms with Gasteiger partial charge in [-0.05, 0) is 66.7 Å². The molecule has 0 saturated carbocycles. The van der Waals surface area contributed by atoms with E-state index in [1.54, 1.807) is 6.20 Å². The Morgan fingerprint density at radius 3 is 1.96 bits per heavy atom. The third-order valence-electron chi connectivity index (χ3n) is 8.33. The van der Waals surface area contributed by atoms with Crippen LogP contribution in [0, 0.1) is 0 Å². The fraction of sp³-hybridized carbons (Fsp3) is 0. The number of benzene rings is 3. The van der Waals surface area contributed by atoms with Gasteiger partial charge in [0.25, 0.3) is 0 Å². The molecule has 0 aliphatic carbocycles. The lowest BCUT2D eigenvalue weighted by atomic mass is 10.1. The molecule has 0 amide bonds. The molecule has 6 heterocycles. The average Bonchev–Trinajstić information content (AvgIpc) is 3.46. The molecule has 0 saturated heterocycles. The second-order valence-electron chi connectivity index (χ2n) is 11.0. The molecule has 0 radical (unpaired) electrons. The lowest BCUT2D eigenvalue weighted by Gasteiger charge is -2.10. The van der Waals surface area contributed by atoms with Crippen LogP contribution in [0.25, 0.3) is 83.3 Å². The molecule has 6 nitrogen and oxygen atoms in total. The highest BCUT2D eigenvalue weighted by molar-refractivity contribution is 6.08. The zero-order valence-electron chi connectivity index (χ0n) is 24.0. The maximum absolute atomic E-state index is 5.02. The Morgan fingerprint density at radius 1 is 0.444 bits per heavy atom. The van der Waals surface area contributed by atoms with Gasteiger partial charge in [0, 0.05) is 56.9 Å². The van der Waals surface area contributed by atoms with Gasteiger partial charge in [-0.3, -0.25) is 14.5 Å². The summed E-state index contributed by atoms with van der Waals surface area (Å²) in [5.41, 5.74) is 10.3. The van der Waals surface area contributed by atoms with Gasteiger partial charge in [0.05, 0.1) is 39.3 Å². The first-order chi connectivity index (χ1) is 22.3. The molecule has 0 unspecified atom stereocenters. The molecule has 210 valence electrons. The Labute approximate surface area is 258 Å². The SMILES string of the molecule is c1cc(-c2ccc(-n3c4ccccc4c4cccnc43)cc2)nc(-c2cccc(-c3cnc4c(ccc5cccnc54)c3)n2)c1. The van der Waals surface area contributed by atoms with Crippen molar-refractivity contribution in [3.05, 3.63) is 146 Å². The fourth-order valence-corrected chi connectivity index (χ4v) is 6.19. The average molecular weight is 577 g/mol. The number of rotatable bonds is 4. The largest absolute Gasteiger partial charge is 0.294 e. The molecule has 45 heavy (non-hydrogen) atoms. The monoisotopic (exact) mass is 576 g/mol. The van der Waals surface area contributed by atoms with Gasteiger partial charge in [-0.1, -0.05) is 60.7 Å². The van der Waals surface area contributed by atoms with Crippen LogP contribution in [0.15, 0.2) is 146 Å². The summed E-state index contributed by atoms with van der Waals surface area (Å²) in [7, 11) is 0. The fourth-order valence-electron chi connectivity index (χ4n) is 6.19. The van der Waals surface area contributed by atoms with Crippen molar-refractivity contribution < 1.29 is 0 Å². The third kappa shape index (κ3) is 4.23. The third-order valence-corrected chi connectivity index (χ3v) is 8.33. The molecule has 9 aromatic rings. The smallest absolute Gasteiger partial charge is 0.145 e. The second-order valence-corrected chi connectivity index (χ2v) is 11.0. The van der Waals surface area contributed by atoms with E-state index in [1.807, 2.05) is 60.9 Å². The van der Waals surface area contributed by atoms with Crippen LogP contribution in [-0.4, -0.2) is 29.5 Å². The zero-order chi connectivity index (χ0) is 29.7. The second kappa shape index (κ2) is 10.2. The molecular weight excluding hydrogens is 552 g/mol. The topological polar surface area (TPSA) is 69.4 Å². The molecule has 0 fully saturated rings. The highest BCUT2D eigenvalue weighted by Crippen LogP contribution is 2.32. The summed E-state index contributed by atoms with van der Waals surface area (Å²) in [6.07, 6.45) is 5.53. The maximum atomic E-state index is 5.02. The first kappa shape index (κ1) is 25.2. The molecule has 3 aromatic carbocycles. The molecule has 0 atom stereocenters. The highest BCUT2D eigenvalue weighted by Gasteiger charge is 2.13. The molecule has 6 heteroatoms. The number of aromatic nitrogens is 6. The first-order valence-corrected chi connectivity index (χ1v) is 14.8. The predicted molar refractivity (Wildman–Crippen MR) is 181 cm³/mol. The Morgan fingerprint density at radius 2 is 1.11 bits per heavy atom. The number of fused-ring (bicyclic) bond motifs is 6. The van der Waals surface area contributed by atoms with E-state index in [4.69, 9.17) is 19.9 Å². The van der Waals surface area contributed by atoms with Gasteiger partial charge >= 0.3 is 0 Å². The molecule has 9 rings (SSSR count). The van der Waals surface area contributed by atoms with Gasteiger partial charge in [-0.2, -0.15) is 0 Å². The summed E-state index contributed by atoms with van der Waals surface area (Å²) in [4.78, 5) is 24.1. The molecule has 0 aliphatic heterocycles.